The Hall–Kier alpha value is -3.52. The number of aromatic nitrogens is 3. The lowest BCUT2D eigenvalue weighted by Crippen LogP contribution is -2.49. The molecule has 2 aromatic heterocycles. The first-order valence-corrected chi connectivity index (χ1v) is 13.4. The summed E-state index contributed by atoms with van der Waals surface area (Å²) in [5.74, 6) is -4.05. The summed E-state index contributed by atoms with van der Waals surface area (Å²) in [4.78, 5) is 34.4. The normalized spacial score (nSPS) is 15.0. The number of carboxylic acids is 2. The van der Waals surface area contributed by atoms with Crippen molar-refractivity contribution in [3.05, 3.63) is 41.0 Å². The van der Waals surface area contributed by atoms with E-state index in [1.54, 1.807) is 6.20 Å². The number of nitrogens with zero attached hydrogens (tertiary/aromatic N) is 4. The van der Waals surface area contributed by atoms with Gasteiger partial charge < -0.3 is 30.1 Å². The molecule has 1 atom stereocenters. The average molecular weight is 704 g/mol. The SMILES string of the molecule is O=C(O)C(F)(F)F.O=C(O)C(F)(F)F.OCCN1CCN(CC(O)COc2ccc(-c3nc4cc(Br)cnc4[nH]3)cc2)CC1. The zero-order valence-corrected chi connectivity index (χ0v) is 24.2. The van der Waals surface area contributed by atoms with E-state index in [4.69, 9.17) is 29.6 Å². The van der Waals surface area contributed by atoms with Crippen LogP contribution in [0.5, 0.6) is 5.75 Å². The van der Waals surface area contributed by atoms with Crippen LogP contribution < -0.4 is 4.74 Å². The Balaban J connectivity index is 0.000000402. The summed E-state index contributed by atoms with van der Waals surface area (Å²) in [7, 11) is 0. The zero-order valence-electron chi connectivity index (χ0n) is 22.6. The molecule has 0 radical (unpaired) electrons. The van der Waals surface area contributed by atoms with Gasteiger partial charge in [0.2, 0.25) is 0 Å². The molecule has 3 heterocycles. The van der Waals surface area contributed by atoms with Crippen LogP contribution in [0.1, 0.15) is 0 Å². The minimum absolute atomic E-state index is 0.195. The number of rotatable bonds is 8. The predicted octanol–water partition coefficient (Wildman–Crippen LogP) is 3.00. The number of aromatic amines is 1. The van der Waals surface area contributed by atoms with Gasteiger partial charge >= 0.3 is 24.3 Å². The fourth-order valence-corrected chi connectivity index (χ4v) is 3.92. The van der Waals surface area contributed by atoms with Crippen LogP contribution in [-0.2, 0) is 9.59 Å². The molecular weight excluding hydrogens is 676 g/mol. The number of fused-ring (bicyclic) bond motifs is 1. The van der Waals surface area contributed by atoms with Crippen molar-refractivity contribution in [2.24, 2.45) is 0 Å². The maximum Gasteiger partial charge on any atom is 0.490 e. The third kappa shape index (κ3) is 12.6. The number of nitrogens with one attached hydrogen (secondary N) is 1. The van der Waals surface area contributed by atoms with Crippen molar-refractivity contribution in [1.82, 2.24) is 24.8 Å². The first kappa shape index (κ1) is 36.7. The van der Waals surface area contributed by atoms with Crippen molar-refractivity contribution in [3.8, 4) is 17.1 Å². The van der Waals surface area contributed by atoms with Crippen LogP contribution in [-0.4, -0.2) is 128 Å². The number of piperazine rings is 1. The van der Waals surface area contributed by atoms with E-state index >= 15 is 0 Å². The van der Waals surface area contributed by atoms with Crippen LogP contribution in [0.2, 0.25) is 0 Å². The van der Waals surface area contributed by atoms with Crippen LogP contribution in [0.3, 0.4) is 0 Å². The summed E-state index contributed by atoms with van der Waals surface area (Å²) in [5, 5.41) is 33.6. The number of aliphatic carboxylic acids is 2. The van der Waals surface area contributed by atoms with E-state index < -0.39 is 30.4 Å². The number of β-amino-alcohol motifs (C(OH)–C–C–N with tert-alkyl or cyclic N) is 2. The first-order valence-electron chi connectivity index (χ1n) is 12.6. The maximum absolute atomic E-state index is 10.6. The van der Waals surface area contributed by atoms with E-state index in [-0.39, 0.29) is 13.2 Å². The number of hydrogen-bond donors (Lipinski definition) is 5. The fourth-order valence-electron chi connectivity index (χ4n) is 3.60. The van der Waals surface area contributed by atoms with Gasteiger partial charge in [-0.3, -0.25) is 9.80 Å². The molecule has 1 aromatic carbocycles. The molecule has 3 aromatic rings. The lowest BCUT2D eigenvalue weighted by Gasteiger charge is -2.35. The molecule has 1 unspecified atom stereocenters. The number of carbonyl (C=O) groups is 2. The molecule has 4 rings (SSSR count). The molecular formula is C25H28BrF6N5O7. The second-order valence-electron chi connectivity index (χ2n) is 9.07. The van der Waals surface area contributed by atoms with E-state index in [9.17, 15) is 31.4 Å². The van der Waals surface area contributed by atoms with E-state index in [1.807, 2.05) is 30.3 Å². The largest absolute Gasteiger partial charge is 0.491 e. The highest BCUT2D eigenvalue weighted by Crippen LogP contribution is 2.23. The number of halogens is 7. The summed E-state index contributed by atoms with van der Waals surface area (Å²) < 4.78 is 70.1. The van der Waals surface area contributed by atoms with Gasteiger partial charge in [-0.05, 0) is 46.3 Å². The third-order valence-corrected chi connectivity index (χ3v) is 6.14. The molecule has 0 saturated carbocycles. The molecule has 0 bridgehead atoms. The average Bonchev–Trinajstić information content (AvgIpc) is 3.36. The first-order chi connectivity index (χ1) is 20.5. The quantitative estimate of drug-likeness (QED) is 0.218. The number of pyridine rings is 1. The number of ether oxygens (including phenoxy) is 1. The number of benzene rings is 1. The summed E-state index contributed by atoms with van der Waals surface area (Å²) in [6.45, 7) is 5.39. The lowest BCUT2D eigenvalue weighted by molar-refractivity contribution is -0.193. The summed E-state index contributed by atoms with van der Waals surface area (Å²) in [6, 6.07) is 9.57. The standard InChI is InChI=1S/C21H26BrN5O3.2C2HF3O2/c22-16-11-19-21(23-12-16)25-20(24-19)15-1-3-18(4-2-15)30-14-17(29)13-27-7-5-26(6-8-27)9-10-28;2*3-2(4,5)1(6)7/h1-4,11-12,17,28-29H,5-10,13-14H2,(H,23,24,25);2*(H,6,7). The fraction of sp³-hybridized carbons (Fsp3) is 0.440. The van der Waals surface area contributed by atoms with Crippen molar-refractivity contribution in [3.63, 3.8) is 0 Å². The second-order valence-corrected chi connectivity index (χ2v) is 9.98. The molecule has 19 heteroatoms. The Bertz CT molecular complexity index is 1330. The van der Waals surface area contributed by atoms with E-state index in [1.165, 1.54) is 0 Å². The molecule has 5 N–H and O–H groups in total. The van der Waals surface area contributed by atoms with Crippen LogP contribution in [0.15, 0.2) is 41.0 Å². The number of H-pyrrole nitrogens is 1. The smallest absolute Gasteiger partial charge is 0.490 e. The van der Waals surface area contributed by atoms with E-state index in [0.717, 1.165) is 59.7 Å². The zero-order chi connectivity index (χ0) is 33.1. The topological polar surface area (TPSA) is 172 Å². The maximum atomic E-state index is 10.6. The van der Waals surface area contributed by atoms with E-state index in [2.05, 4.69) is 40.7 Å². The Kier molecular flexibility index (Phi) is 13.8. The van der Waals surface area contributed by atoms with Gasteiger partial charge in [-0.1, -0.05) is 0 Å². The highest BCUT2D eigenvalue weighted by molar-refractivity contribution is 9.10. The molecule has 1 aliphatic rings. The Morgan fingerprint density at radius 3 is 2.00 bits per heavy atom. The molecule has 12 nitrogen and oxygen atoms in total. The Morgan fingerprint density at radius 2 is 1.50 bits per heavy atom. The molecule has 1 fully saturated rings. The van der Waals surface area contributed by atoms with Crippen molar-refractivity contribution in [1.29, 1.82) is 0 Å². The van der Waals surface area contributed by atoms with Crippen molar-refractivity contribution >= 4 is 39.0 Å². The number of imidazole rings is 1. The van der Waals surface area contributed by atoms with Gasteiger partial charge in [-0.2, -0.15) is 26.3 Å². The lowest BCUT2D eigenvalue weighted by atomic mass is 10.2. The summed E-state index contributed by atoms with van der Waals surface area (Å²) in [5.41, 5.74) is 2.49. The number of carboxylic acid groups (broad SMARTS) is 2. The number of alkyl halides is 6. The van der Waals surface area contributed by atoms with Gasteiger partial charge in [0.05, 0.1) is 6.61 Å². The van der Waals surface area contributed by atoms with Crippen molar-refractivity contribution < 1.29 is 61.1 Å². The molecule has 0 aliphatic carbocycles. The van der Waals surface area contributed by atoms with E-state index in [0.29, 0.717) is 12.3 Å². The van der Waals surface area contributed by atoms with Gasteiger partial charge in [0.1, 0.15) is 29.8 Å². The van der Waals surface area contributed by atoms with Crippen LogP contribution in [0.4, 0.5) is 26.3 Å². The number of aliphatic hydroxyl groups excluding tert-OH is 2. The van der Waals surface area contributed by atoms with Crippen LogP contribution >= 0.6 is 15.9 Å². The second kappa shape index (κ2) is 16.5. The Labute approximate surface area is 254 Å². The molecule has 1 saturated heterocycles. The highest BCUT2D eigenvalue weighted by Gasteiger charge is 2.38. The van der Waals surface area contributed by atoms with Crippen LogP contribution in [0, 0.1) is 0 Å². The Morgan fingerprint density at radius 1 is 0.977 bits per heavy atom. The highest BCUT2D eigenvalue weighted by atomic mass is 79.9. The van der Waals surface area contributed by atoms with Crippen molar-refractivity contribution in [2.45, 2.75) is 18.5 Å². The molecule has 0 spiro atoms. The van der Waals surface area contributed by atoms with Crippen molar-refractivity contribution in [2.75, 3.05) is 52.5 Å². The third-order valence-electron chi connectivity index (χ3n) is 5.71. The van der Waals surface area contributed by atoms with Gasteiger partial charge in [0, 0.05) is 55.5 Å². The van der Waals surface area contributed by atoms with Gasteiger partial charge in [-0.25, -0.2) is 19.6 Å². The molecule has 44 heavy (non-hydrogen) atoms. The number of aliphatic hydroxyl groups is 2. The van der Waals surface area contributed by atoms with Gasteiger partial charge in [0.25, 0.3) is 0 Å². The molecule has 0 amide bonds. The molecule has 1 aliphatic heterocycles. The minimum Gasteiger partial charge on any atom is -0.491 e. The monoisotopic (exact) mass is 703 g/mol. The summed E-state index contributed by atoms with van der Waals surface area (Å²) >= 11 is 3.41. The molecule has 244 valence electrons. The summed E-state index contributed by atoms with van der Waals surface area (Å²) in [6.07, 6.45) is -8.98. The van der Waals surface area contributed by atoms with Gasteiger partial charge in [0.15, 0.2) is 5.65 Å². The van der Waals surface area contributed by atoms with Crippen LogP contribution in [0.25, 0.3) is 22.6 Å². The predicted molar refractivity (Wildman–Crippen MR) is 146 cm³/mol. The number of hydrogen-bond acceptors (Lipinski definition) is 9. The van der Waals surface area contributed by atoms with Gasteiger partial charge in [-0.15, -0.1) is 0 Å². The minimum atomic E-state index is -5.08.